The van der Waals surface area contributed by atoms with E-state index in [1.54, 1.807) is 7.05 Å². The van der Waals surface area contributed by atoms with E-state index in [1.165, 1.54) is 38.5 Å². The number of benzene rings is 1. The zero-order chi connectivity index (χ0) is 18.4. The van der Waals surface area contributed by atoms with Crippen LogP contribution >= 0.6 is 0 Å². The van der Waals surface area contributed by atoms with E-state index < -0.39 is 0 Å². The van der Waals surface area contributed by atoms with E-state index in [4.69, 9.17) is 0 Å². The number of nitrogens with one attached hydrogen (secondary N) is 3. The van der Waals surface area contributed by atoms with Gasteiger partial charge in [-0.3, -0.25) is 9.79 Å². The summed E-state index contributed by atoms with van der Waals surface area (Å²) in [5.74, 6) is 2.63. The summed E-state index contributed by atoms with van der Waals surface area (Å²) in [5.41, 5.74) is 1.86. The van der Waals surface area contributed by atoms with Crippen molar-refractivity contribution in [2.45, 2.75) is 51.0 Å². The maximum atomic E-state index is 11.7. The summed E-state index contributed by atoms with van der Waals surface area (Å²) in [6.07, 6.45) is 9.23. The molecule has 0 heterocycles. The van der Waals surface area contributed by atoms with Crippen LogP contribution in [-0.4, -0.2) is 38.5 Å². The average molecular weight is 357 g/mol. The van der Waals surface area contributed by atoms with E-state index >= 15 is 0 Å². The second-order valence-electron chi connectivity index (χ2n) is 7.58. The molecule has 0 saturated heterocycles. The molecule has 3 rings (SSSR count). The first-order chi connectivity index (χ1) is 12.7. The highest BCUT2D eigenvalue weighted by Crippen LogP contribution is 2.44. The van der Waals surface area contributed by atoms with Crippen LogP contribution in [0.15, 0.2) is 29.3 Å². The minimum Gasteiger partial charge on any atom is -0.356 e. The van der Waals surface area contributed by atoms with Crippen LogP contribution in [0.5, 0.6) is 0 Å². The number of guanidine groups is 1. The van der Waals surface area contributed by atoms with Crippen molar-refractivity contribution < 1.29 is 4.79 Å². The molecule has 0 spiro atoms. The van der Waals surface area contributed by atoms with E-state index in [0.29, 0.717) is 11.6 Å². The van der Waals surface area contributed by atoms with Gasteiger partial charge in [-0.15, -0.1) is 0 Å². The molecule has 2 unspecified atom stereocenters. The quantitative estimate of drug-likeness (QED) is 0.542. The van der Waals surface area contributed by atoms with Gasteiger partial charge in [0.25, 0.3) is 5.91 Å². The second kappa shape index (κ2) is 9.06. The Kier molecular flexibility index (Phi) is 6.53. The summed E-state index contributed by atoms with van der Waals surface area (Å²) in [6.45, 7) is 0.803. The Balaban J connectivity index is 1.42. The van der Waals surface area contributed by atoms with E-state index in [2.05, 4.69) is 27.0 Å². The molecule has 0 bridgehead atoms. The van der Waals surface area contributed by atoms with Crippen molar-refractivity contribution in [1.29, 1.82) is 0 Å². The van der Waals surface area contributed by atoms with Crippen molar-refractivity contribution in [3.05, 3.63) is 35.4 Å². The molecule has 0 aromatic heterocycles. The molecule has 2 aliphatic carbocycles. The van der Waals surface area contributed by atoms with Crippen molar-refractivity contribution >= 4 is 11.9 Å². The van der Waals surface area contributed by atoms with Crippen molar-refractivity contribution in [3.63, 3.8) is 0 Å². The summed E-state index contributed by atoms with van der Waals surface area (Å²) >= 11 is 0. The maximum Gasteiger partial charge on any atom is 0.251 e. The third-order valence-electron chi connectivity index (χ3n) is 5.76. The fourth-order valence-electron chi connectivity index (χ4n) is 4.17. The number of hydrogen-bond acceptors (Lipinski definition) is 2. The lowest BCUT2D eigenvalue weighted by molar-refractivity contribution is 0.0963. The Hall–Kier alpha value is -2.04. The largest absolute Gasteiger partial charge is 0.356 e. The molecule has 0 aliphatic heterocycles. The molecule has 2 aliphatic rings. The standard InChI is InChI=1S/C21H32N4O/c1-22-20(26)17-10-6-7-15(13-17)11-12-24-21(23-2)25-19-14-18(19)16-8-4-3-5-9-16/h6-7,10,13,16,18-19H,3-5,8-9,11-12,14H2,1-2H3,(H,22,26)(H2,23,24,25). The predicted molar refractivity (Wildman–Crippen MR) is 107 cm³/mol. The van der Waals surface area contributed by atoms with Gasteiger partial charge in [0.15, 0.2) is 5.96 Å². The van der Waals surface area contributed by atoms with Crippen LogP contribution in [0.2, 0.25) is 0 Å². The minimum atomic E-state index is -0.0419. The molecule has 2 atom stereocenters. The minimum absolute atomic E-state index is 0.0419. The van der Waals surface area contributed by atoms with Crippen LogP contribution in [-0.2, 0) is 6.42 Å². The molecular formula is C21H32N4O. The third-order valence-corrected chi connectivity index (χ3v) is 5.76. The van der Waals surface area contributed by atoms with Gasteiger partial charge in [-0.2, -0.15) is 0 Å². The number of carbonyl (C=O) groups is 1. The Morgan fingerprint density at radius 1 is 1.23 bits per heavy atom. The topological polar surface area (TPSA) is 65.5 Å². The first-order valence-electron chi connectivity index (χ1n) is 9.99. The Morgan fingerprint density at radius 3 is 2.77 bits per heavy atom. The number of nitrogens with zero attached hydrogens (tertiary/aromatic N) is 1. The molecule has 1 aromatic rings. The molecule has 5 nitrogen and oxygen atoms in total. The highest BCUT2D eigenvalue weighted by Gasteiger charge is 2.43. The summed E-state index contributed by atoms with van der Waals surface area (Å²) in [6, 6.07) is 8.39. The molecule has 2 saturated carbocycles. The molecule has 5 heteroatoms. The zero-order valence-corrected chi connectivity index (χ0v) is 16.1. The molecule has 142 valence electrons. The van der Waals surface area contributed by atoms with Crippen LogP contribution < -0.4 is 16.0 Å². The Bertz CT molecular complexity index is 637. The van der Waals surface area contributed by atoms with Gasteiger partial charge in [-0.05, 0) is 42.4 Å². The molecule has 0 radical (unpaired) electrons. The second-order valence-corrected chi connectivity index (χ2v) is 7.58. The van der Waals surface area contributed by atoms with Crippen molar-refractivity contribution in [2.75, 3.05) is 20.6 Å². The van der Waals surface area contributed by atoms with Gasteiger partial charge < -0.3 is 16.0 Å². The van der Waals surface area contributed by atoms with Gasteiger partial charge >= 0.3 is 0 Å². The summed E-state index contributed by atoms with van der Waals surface area (Å²) < 4.78 is 0. The number of hydrogen-bond donors (Lipinski definition) is 3. The first-order valence-corrected chi connectivity index (χ1v) is 9.99. The van der Waals surface area contributed by atoms with E-state index in [9.17, 15) is 4.79 Å². The molecule has 2 fully saturated rings. The Morgan fingerprint density at radius 2 is 2.04 bits per heavy atom. The van der Waals surface area contributed by atoms with Gasteiger partial charge in [0, 0.05) is 32.2 Å². The van der Waals surface area contributed by atoms with Gasteiger partial charge in [-0.1, -0.05) is 44.2 Å². The first kappa shape index (κ1) is 18.7. The SMILES string of the molecule is CN=C(NCCc1cccc(C(=O)NC)c1)NC1CC1C1CCCCC1. The highest BCUT2D eigenvalue weighted by atomic mass is 16.1. The lowest BCUT2D eigenvalue weighted by Crippen LogP contribution is -2.40. The van der Waals surface area contributed by atoms with Crippen molar-refractivity contribution in [2.24, 2.45) is 16.8 Å². The molecule has 1 amide bonds. The normalized spacial score (nSPS) is 23.4. The number of aliphatic imine (C=N–C) groups is 1. The van der Waals surface area contributed by atoms with Crippen molar-refractivity contribution in [3.8, 4) is 0 Å². The maximum absolute atomic E-state index is 11.7. The van der Waals surface area contributed by atoms with Crippen LogP contribution in [0.3, 0.4) is 0 Å². The van der Waals surface area contributed by atoms with E-state index in [1.807, 2.05) is 25.2 Å². The lowest BCUT2D eigenvalue weighted by Gasteiger charge is -2.22. The monoisotopic (exact) mass is 356 g/mol. The van der Waals surface area contributed by atoms with Crippen LogP contribution in [0, 0.1) is 11.8 Å². The van der Waals surface area contributed by atoms with Gasteiger partial charge in [0.1, 0.15) is 0 Å². The van der Waals surface area contributed by atoms with Gasteiger partial charge in [0.2, 0.25) is 0 Å². The molecule has 26 heavy (non-hydrogen) atoms. The summed E-state index contributed by atoms with van der Waals surface area (Å²) in [4.78, 5) is 16.1. The third kappa shape index (κ3) is 4.99. The Labute approximate surface area is 157 Å². The fourth-order valence-corrected chi connectivity index (χ4v) is 4.17. The molecule has 1 aromatic carbocycles. The summed E-state index contributed by atoms with van der Waals surface area (Å²) in [5, 5.41) is 9.67. The number of amides is 1. The van der Waals surface area contributed by atoms with E-state index in [0.717, 1.165) is 36.3 Å². The summed E-state index contributed by atoms with van der Waals surface area (Å²) in [7, 11) is 3.49. The van der Waals surface area contributed by atoms with Crippen LogP contribution in [0.1, 0.15) is 54.4 Å². The zero-order valence-electron chi connectivity index (χ0n) is 16.1. The average Bonchev–Trinajstić information content (AvgIpc) is 3.46. The van der Waals surface area contributed by atoms with Gasteiger partial charge in [-0.25, -0.2) is 0 Å². The number of carbonyl (C=O) groups excluding carboxylic acids is 1. The van der Waals surface area contributed by atoms with Gasteiger partial charge in [0.05, 0.1) is 0 Å². The number of rotatable bonds is 6. The molecule has 3 N–H and O–H groups in total. The lowest BCUT2D eigenvalue weighted by atomic mass is 9.85. The highest BCUT2D eigenvalue weighted by molar-refractivity contribution is 5.94. The smallest absolute Gasteiger partial charge is 0.251 e. The van der Waals surface area contributed by atoms with Crippen molar-refractivity contribution in [1.82, 2.24) is 16.0 Å². The fraction of sp³-hybridized carbons (Fsp3) is 0.619. The molecular weight excluding hydrogens is 324 g/mol. The van der Waals surface area contributed by atoms with Crippen LogP contribution in [0.25, 0.3) is 0 Å². The van der Waals surface area contributed by atoms with Crippen LogP contribution in [0.4, 0.5) is 0 Å². The predicted octanol–water partition coefficient (Wildman–Crippen LogP) is 2.72. The van der Waals surface area contributed by atoms with E-state index in [-0.39, 0.29) is 5.91 Å².